The Morgan fingerprint density at radius 3 is 2.60 bits per heavy atom. The van der Waals surface area contributed by atoms with Gasteiger partial charge in [-0.15, -0.1) is 0 Å². The maximum atomic E-state index is 12.5. The van der Waals surface area contributed by atoms with Crippen molar-refractivity contribution in [3.8, 4) is 0 Å². The second kappa shape index (κ2) is 9.27. The highest BCUT2D eigenvalue weighted by molar-refractivity contribution is 7.89. The van der Waals surface area contributed by atoms with Crippen LogP contribution < -0.4 is 4.72 Å². The molecule has 2 heterocycles. The minimum absolute atomic E-state index is 0.0637. The standard InChI is InChI=1S/C21H25N3O5S/c1-23(2)21(26)19-6-3-13-24(19)20(25)12-9-16-7-10-18(11-8-16)30(27,28)22-15-17-5-4-14-29-17/h4-5,7-12,14,19,22H,3,6,13,15H2,1-2H3. The van der Waals surface area contributed by atoms with Gasteiger partial charge in [0, 0.05) is 26.7 Å². The summed E-state index contributed by atoms with van der Waals surface area (Å²) in [6.45, 7) is 0.611. The van der Waals surface area contributed by atoms with E-state index in [9.17, 15) is 18.0 Å². The fourth-order valence-electron chi connectivity index (χ4n) is 3.27. The maximum absolute atomic E-state index is 12.5. The van der Waals surface area contributed by atoms with Crippen LogP contribution in [0.4, 0.5) is 0 Å². The highest BCUT2D eigenvalue weighted by atomic mass is 32.2. The van der Waals surface area contributed by atoms with Crippen LogP contribution in [-0.2, 0) is 26.2 Å². The van der Waals surface area contributed by atoms with Crippen LogP contribution >= 0.6 is 0 Å². The molecule has 1 aromatic heterocycles. The van der Waals surface area contributed by atoms with Crippen LogP contribution in [0.2, 0.25) is 0 Å². The largest absolute Gasteiger partial charge is 0.468 e. The van der Waals surface area contributed by atoms with Crippen LogP contribution in [0.25, 0.3) is 6.08 Å². The van der Waals surface area contributed by atoms with Crippen molar-refractivity contribution in [3.05, 3.63) is 60.1 Å². The third-order valence-electron chi connectivity index (χ3n) is 4.89. The molecule has 1 aromatic carbocycles. The van der Waals surface area contributed by atoms with E-state index in [1.807, 2.05) is 0 Å². The van der Waals surface area contributed by atoms with Gasteiger partial charge in [0.2, 0.25) is 21.8 Å². The van der Waals surface area contributed by atoms with E-state index in [4.69, 9.17) is 4.42 Å². The molecule has 0 aliphatic carbocycles. The van der Waals surface area contributed by atoms with Crippen molar-refractivity contribution >= 4 is 27.9 Å². The van der Waals surface area contributed by atoms with Gasteiger partial charge in [0.05, 0.1) is 17.7 Å². The number of rotatable bonds is 7. The number of nitrogens with zero attached hydrogens (tertiary/aromatic N) is 2. The lowest BCUT2D eigenvalue weighted by Crippen LogP contribution is -2.44. The summed E-state index contributed by atoms with van der Waals surface area (Å²) in [5.41, 5.74) is 0.683. The normalized spacial score (nSPS) is 16.9. The number of sulfonamides is 1. The molecular weight excluding hydrogens is 406 g/mol. The minimum atomic E-state index is -3.67. The topological polar surface area (TPSA) is 99.9 Å². The zero-order valence-electron chi connectivity index (χ0n) is 16.9. The van der Waals surface area contributed by atoms with E-state index in [0.717, 1.165) is 6.42 Å². The Balaban J connectivity index is 1.62. The predicted octanol–water partition coefficient (Wildman–Crippen LogP) is 1.85. The molecule has 1 unspecified atom stereocenters. The third-order valence-corrected chi connectivity index (χ3v) is 6.30. The smallest absolute Gasteiger partial charge is 0.247 e. The van der Waals surface area contributed by atoms with Gasteiger partial charge in [-0.1, -0.05) is 12.1 Å². The zero-order valence-corrected chi connectivity index (χ0v) is 17.8. The monoisotopic (exact) mass is 431 g/mol. The van der Waals surface area contributed by atoms with E-state index in [2.05, 4.69) is 4.72 Å². The summed E-state index contributed by atoms with van der Waals surface area (Å²) in [6, 6.07) is 9.14. The molecule has 1 aliphatic heterocycles. The van der Waals surface area contributed by atoms with Crippen molar-refractivity contribution in [1.82, 2.24) is 14.5 Å². The number of hydrogen-bond donors (Lipinski definition) is 1. The second-order valence-corrected chi connectivity index (χ2v) is 9.00. The SMILES string of the molecule is CN(C)C(=O)C1CCCN1C(=O)C=Cc1ccc(S(=O)(=O)NCc2ccco2)cc1. The third kappa shape index (κ3) is 5.17. The van der Waals surface area contributed by atoms with E-state index in [1.54, 1.807) is 49.3 Å². The molecule has 1 saturated heterocycles. The number of hydrogen-bond acceptors (Lipinski definition) is 5. The lowest BCUT2D eigenvalue weighted by molar-refractivity contribution is -0.139. The molecule has 0 saturated carbocycles. The number of likely N-dealkylation sites (tertiary alicyclic amines) is 1. The molecular formula is C21H25N3O5S. The van der Waals surface area contributed by atoms with E-state index in [0.29, 0.717) is 24.3 Å². The van der Waals surface area contributed by atoms with E-state index >= 15 is 0 Å². The van der Waals surface area contributed by atoms with Crippen molar-refractivity contribution in [2.45, 2.75) is 30.3 Å². The first kappa shape index (κ1) is 21.8. The van der Waals surface area contributed by atoms with Gasteiger partial charge in [-0.3, -0.25) is 9.59 Å². The summed E-state index contributed by atoms with van der Waals surface area (Å²) >= 11 is 0. The van der Waals surface area contributed by atoms with Crippen LogP contribution in [0.1, 0.15) is 24.2 Å². The molecule has 0 spiro atoms. The molecule has 160 valence electrons. The van der Waals surface area contributed by atoms with Crippen molar-refractivity contribution in [2.24, 2.45) is 0 Å². The quantitative estimate of drug-likeness (QED) is 0.675. The molecule has 3 rings (SSSR count). The Morgan fingerprint density at radius 2 is 1.97 bits per heavy atom. The van der Waals surface area contributed by atoms with Gasteiger partial charge in [-0.2, -0.15) is 0 Å². The summed E-state index contributed by atoms with van der Waals surface area (Å²) in [6.07, 6.45) is 5.97. The van der Waals surface area contributed by atoms with Gasteiger partial charge in [-0.25, -0.2) is 13.1 Å². The summed E-state index contributed by atoms with van der Waals surface area (Å²) < 4.78 is 32.3. The molecule has 9 heteroatoms. The number of nitrogens with one attached hydrogen (secondary N) is 1. The first-order valence-electron chi connectivity index (χ1n) is 9.60. The molecule has 0 radical (unpaired) electrons. The first-order chi connectivity index (χ1) is 14.3. The lowest BCUT2D eigenvalue weighted by atomic mass is 10.2. The van der Waals surface area contributed by atoms with Crippen LogP contribution in [-0.4, -0.2) is 56.7 Å². The van der Waals surface area contributed by atoms with Crippen molar-refractivity contribution in [2.75, 3.05) is 20.6 Å². The first-order valence-corrected chi connectivity index (χ1v) is 11.1. The van der Waals surface area contributed by atoms with Gasteiger partial charge >= 0.3 is 0 Å². The Hall–Kier alpha value is -2.91. The highest BCUT2D eigenvalue weighted by Gasteiger charge is 2.33. The predicted molar refractivity (Wildman–Crippen MR) is 112 cm³/mol. The molecule has 2 amide bonds. The van der Waals surface area contributed by atoms with Gasteiger partial charge in [0.1, 0.15) is 11.8 Å². The Kier molecular flexibility index (Phi) is 6.73. The average molecular weight is 432 g/mol. The molecule has 1 aliphatic rings. The lowest BCUT2D eigenvalue weighted by Gasteiger charge is -2.25. The number of likely N-dealkylation sites (N-methyl/N-ethyl adjacent to an activating group) is 1. The Labute approximate surface area is 176 Å². The number of carbonyl (C=O) groups is 2. The molecule has 1 fully saturated rings. The van der Waals surface area contributed by atoms with Crippen molar-refractivity contribution < 1.29 is 22.4 Å². The zero-order chi connectivity index (χ0) is 21.7. The van der Waals surface area contributed by atoms with Gasteiger partial charge in [0.15, 0.2) is 0 Å². The van der Waals surface area contributed by atoms with Gasteiger partial charge < -0.3 is 14.2 Å². The maximum Gasteiger partial charge on any atom is 0.247 e. The van der Waals surface area contributed by atoms with Crippen LogP contribution in [0.5, 0.6) is 0 Å². The number of benzene rings is 1. The van der Waals surface area contributed by atoms with E-state index < -0.39 is 16.1 Å². The number of carbonyl (C=O) groups excluding carboxylic acids is 2. The molecule has 2 aromatic rings. The van der Waals surface area contributed by atoms with Gasteiger partial charge in [-0.05, 0) is 48.7 Å². The fraction of sp³-hybridized carbons (Fsp3) is 0.333. The van der Waals surface area contributed by atoms with Crippen LogP contribution in [0, 0.1) is 0 Å². The summed E-state index contributed by atoms with van der Waals surface area (Å²) in [7, 11) is -0.316. The fourth-order valence-corrected chi connectivity index (χ4v) is 4.26. The molecule has 1 atom stereocenters. The van der Waals surface area contributed by atoms with Gasteiger partial charge in [0.25, 0.3) is 0 Å². The summed E-state index contributed by atoms with van der Waals surface area (Å²) in [5.74, 6) is 0.208. The minimum Gasteiger partial charge on any atom is -0.468 e. The highest BCUT2D eigenvalue weighted by Crippen LogP contribution is 2.20. The van der Waals surface area contributed by atoms with E-state index in [1.165, 1.54) is 29.4 Å². The summed E-state index contributed by atoms with van der Waals surface area (Å²) in [5, 5.41) is 0. The number of amides is 2. The molecule has 1 N–H and O–H groups in total. The van der Waals surface area contributed by atoms with Crippen molar-refractivity contribution in [1.29, 1.82) is 0 Å². The molecule has 30 heavy (non-hydrogen) atoms. The van der Waals surface area contributed by atoms with Crippen LogP contribution in [0.3, 0.4) is 0 Å². The van der Waals surface area contributed by atoms with Crippen molar-refractivity contribution in [3.63, 3.8) is 0 Å². The Morgan fingerprint density at radius 1 is 1.23 bits per heavy atom. The van der Waals surface area contributed by atoms with Crippen LogP contribution in [0.15, 0.2) is 58.1 Å². The molecule has 0 bridgehead atoms. The second-order valence-electron chi connectivity index (χ2n) is 7.23. The number of furan rings is 1. The van der Waals surface area contributed by atoms with E-state index in [-0.39, 0.29) is 23.3 Å². The average Bonchev–Trinajstić information content (AvgIpc) is 3.42. The Bertz CT molecular complexity index is 1010. The summed E-state index contributed by atoms with van der Waals surface area (Å²) in [4.78, 5) is 28.0. The molecule has 8 nitrogen and oxygen atoms in total.